The molecule has 0 heterocycles. The number of carbonyl (C=O) groups excluding carboxylic acids is 1. The predicted molar refractivity (Wildman–Crippen MR) is 63.8 cm³/mol. The Morgan fingerprint density at radius 3 is 2.25 bits per heavy atom. The fourth-order valence-electron chi connectivity index (χ4n) is 1.29. The van der Waals surface area contributed by atoms with Gasteiger partial charge in [0.15, 0.2) is 5.78 Å². The van der Waals surface area contributed by atoms with Gasteiger partial charge in [0.1, 0.15) is 0 Å². The van der Waals surface area contributed by atoms with Gasteiger partial charge in [0.25, 0.3) is 0 Å². The van der Waals surface area contributed by atoms with Crippen LogP contribution in [0, 0.1) is 5.92 Å². The van der Waals surface area contributed by atoms with Crippen molar-refractivity contribution in [1.82, 2.24) is 0 Å². The minimum atomic E-state index is -0.966. The third-order valence-electron chi connectivity index (χ3n) is 2.12. The standard InChI is InChI=1S/C11H13NO3.ClH/c1-7(6-10(13)14)11(15)8-2-4-9(12)5-3-8;/h2-5,7H,6,12H2,1H3,(H,13,14);1H. The average molecular weight is 244 g/mol. The van der Waals surface area contributed by atoms with Gasteiger partial charge in [-0.3, -0.25) is 9.59 Å². The molecule has 0 aliphatic rings. The lowest BCUT2D eigenvalue weighted by Crippen LogP contribution is -2.15. The van der Waals surface area contributed by atoms with E-state index in [0.717, 1.165) is 0 Å². The van der Waals surface area contributed by atoms with Crippen LogP contribution in [-0.4, -0.2) is 16.9 Å². The summed E-state index contributed by atoms with van der Waals surface area (Å²) in [5, 5.41) is 8.55. The minimum absolute atomic E-state index is 0. The maximum Gasteiger partial charge on any atom is 0.304 e. The molecule has 0 saturated carbocycles. The number of nitrogens with two attached hydrogens (primary N) is 1. The third kappa shape index (κ3) is 3.90. The van der Waals surface area contributed by atoms with Crippen molar-refractivity contribution in [2.24, 2.45) is 5.92 Å². The molecule has 0 aromatic heterocycles. The Bertz CT molecular complexity index is 375. The zero-order chi connectivity index (χ0) is 11.4. The molecule has 1 rings (SSSR count). The fraction of sp³-hybridized carbons (Fsp3) is 0.273. The van der Waals surface area contributed by atoms with Crippen molar-refractivity contribution >= 4 is 29.8 Å². The van der Waals surface area contributed by atoms with E-state index in [9.17, 15) is 9.59 Å². The molecular weight excluding hydrogens is 230 g/mol. The van der Waals surface area contributed by atoms with E-state index < -0.39 is 11.9 Å². The molecule has 0 aliphatic heterocycles. The van der Waals surface area contributed by atoms with E-state index in [1.165, 1.54) is 0 Å². The first-order chi connectivity index (χ1) is 7.00. The summed E-state index contributed by atoms with van der Waals surface area (Å²) in [5.74, 6) is -1.64. The number of anilines is 1. The van der Waals surface area contributed by atoms with Crippen LogP contribution in [0.3, 0.4) is 0 Å². The molecule has 1 aromatic rings. The van der Waals surface area contributed by atoms with Crippen molar-refractivity contribution in [3.05, 3.63) is 29.8 Å². The highest BCUT2D eigenvalue weighted by Gasteiger charge is 2.17. The molecule has 4 nitrogen and oxygen atoms in total. The quantitative estimate of drug-likeness (QED) is 0.626. The first-order valence-electron chi connectivity index (χ1n) is 4.62. The van der Waals surface area contributed by atoms with E-state index in [1.807, 2.05) is 0 Å². The number of nitrogen functional groups attached to an aromatic ring is 1. The molecule has 5 heteroatoms. The van der Waals surface area contributed by atoms with Crippen LogP contribution in [0.25, 0.3) is 0 Å². The smallest absolute Gasteiger partial charge is 0.304 e. The number of carboxylic acids is 1. The largest absolute Gasteiger partial charge is 0.481 e. The Morgan fingerprint density at radius 2 is 1.81 bits per heavy atom. The zero-order valence-electron chi connectivity index (χ0n) is 8.84. The number of carbonyl (C=O) groups is 2. The Balaban J connectivity index is 0.00000225. The highest BCUT2D eigenvalue weighted by atomic mass is 35.5. The van der Waals surface area contributed by atoms with E-state index in [-0.39, 0.29) is 24.6 Å². The summed E-state index contributed by atoms with van der Waals surface area (Å²) in [5.41, 5.74) is 6.56. The SMILES string of the molecule is CC(CC(=O)O)C(=O)c1ccc(N)cc1.Cl. The van der Waals surface area contributed by atoms with Crippen LogP contribution in [0.4, 0.5) is 5.69 Å². The molecule has 0 amide bonds. The lowest BCUT2D eigenvalue weighted by molar-refractivity contribution is -0.137. The predicted octanol–water partition coefficient (Wildman–Crippen LogP) is 1.98. The maximum atomic E-state index is 11.7. The first-order valence-corrected chi connectivity index (χ1v) is 4.62. The van der Waals surface area contributed by atoms with Crippen molar-refractivity contribution in [3.8, 4) is 0 Å². The second-order valence-electron chi connectivity index (χ2n) is 3.49. The van der Waals surface area contributed by atoms with Crippen LogP contribution < -0.4 is 5.73 Å². The number of rotatable bonds is 4. The van der Waals surface area contributed by atoms with Gasteiger partial charge >= 0.3 is 5.97 Å². The highest BCUT2D eigenvalue weighted by molar-refractivity contribution is 5.99. The topological polar surface area (TPSA) is 80.4 Å². The molecule has 3 N–H and O–H groups in total. The number of aliphatic carboxylic acids is 1. The van der Waals surface area contributed by atoms with Crippen LogP contribution in [-0.2, 0) is 4.79 Å². The van der Waals surface area contributed by atoms with Crippen LogP contribution in [0.2, 0.25) is 0 Å². The summed E-state index contributed by atoms with van der Waals surface area (Å²) < 4.78 is 0. The van der Waals surface area contributed by atoms with Gasteiger partial charge in [0.2, 0.25) is 0 Å². The van der Waals surface area contributed by atoms with Crippen LogP contribution >= 0.6 is 12.4 Å². The molecule has 0 radical (unpaired) electrons. The van der Waals surface area contributed by atoms with Crippen molar-refractivity contribution in [3.63, 3.8) is 0 Å². The summed E-state index contributed by atoms with van der Waals surface area (Å²) in [6.07, 6.45) is -0.150. The van der Waals surface area contributed by atoms with Gasteiger partial charge in [-0.25, -0.2) is 0 Å². The number of Topliss-reactive ketones (excluding diaryl/α,β-unsaturated/α-hetero) is 1. The minimum Gasteiger partial charge on any atom is -0.481 e. The number of hydrogen-bond donors (Lipinski definition) is 2. The van der Waals surface area contributed by atoms with Gasteiger partial charge in [-0.1, -0.05) is 6.92 Å². The summed E-state index contributed by atoms with van der Waals surface area (Å²) in [7, 11) is 0. The average Bonchev–Trinajstić information content (AvgIpc) is 2.17. The molecule has 1 aromatic carbocycles. The molecule has 0 fully saturated rings. The molecule has 0 spiro atoms. The molecule has 0 saturated heterocycles. The normalized spacial score (nSPS) is 11.3. The molecule has 88 valence electrons. The first kappa shape index (κ1) is 14.5. The van der Waals surface area contributed by atoms with Gasteiger partial charge in [0.05, 0.1) is 6.42 Å². The molecule has 1 atom stereocenters. The lowest BCUT2D eigenvalue weighted by Gasteiger charge is -2.07. The summed E-state index contributed by atoms with van der Waals surface area (Å²) in [6, 6.07) is 6.47. The van der Waals surface area contributed by atoms with Gasteiger partial charge in [-0.15, -0.1) is 12.4 Å². The third-order valence-corrected chi connectivity index (χ3v) is 2.12. The van der Waals surface area contributed by atoms with E-state index in [1.54, 1.807) is 31.2 Å². The molecule has 0 aliphatic carbocycles. The van der Waals surface area contributed by atoms with Crippen molar-refractivity contribution in [2.45, 2.75) is 13.3 Å². The number of halogens is 1. The van der Waals surface area contributed by atoms with Crippen LogP contribution in [0.5, 0.6) is 0 Å². The van der Waals surface area contributed by atoms with Gasteiger partial charge < -0.3 is 10.8 Å². The molecule has 0 bridgehead atoms. The van der Waals surface area contributed by atoms with Crippen molar-refractivity contribution in [1.29, 1.82) is 0 Å². The summed E-state index contributed by atoms with van der Waals surface area (Å²) >= 11 is 0. The highest BCUT2D eigenvalue weighted by Crippen LogP contribution is 2.13. The van der Waals surface area contributed by atoms with E-state index in [2.05, 4.69) is 0 Å². The Hall–Kier alpha value is -1.55. The fourth-order valence-corrected chi connectivity index (χ4v) is 1.29. The van der Waals surface area contributed by atoms with E-state index in [0.29, 0.717) is 11.3 Å². The Labute approximate surface area is 99.9 Å². The number of hydrogen-bond acceptors (Lipinski definition) is 3. The molecular formula is C11H14ClNO3. The molecule has 1 unspecified atom stereocenters. The monoisotopic (exact) mass is 243 g/mol. The van der Waals surface area contributed by atoms with Gasteiger partial charge in [-0.2, -0.15) is 0 Å². The second-order valence-corrected chi connectivity index (χ2v) is 3.49. The van der Waals surface area contributed by atoms with E-state index in [4.69, 9.17) is 10.8 Å². The number of ketones is 1. The molecule has 16 heavy (non-hydrogen) atoms. The van der Waals surface area contributed by atoms with Crippen LogP contribution in [0.15, 0.2) is 24.3 Å². The Morgan fingerprint density at radius 1 is 1.31 bits per heavy atom. The van der Waals surface area contributed by atoms with Gasteiger partial charge in [-0.05, 0) is 24.3 Å². The van der Waals surface area contributed by atoms with E-state index >= 15 is 0 Å². The van der Waals surface area contributed by atoms with Gasteiger partial charge in [0, 0.05) is 17.2 Å². The zero-order valence-corrected chi connectivity index (χ0v) is 9.66. The lowest BCUT2D eigenvalue weighted by atomic mass is 9.96. The number of carboxylic acid groups (broad SMARTS) is 1. The van der Waals surface area contributed by atoms with Crippen LogP contribution in [0.1, 0.15) is 23.7 Å². The summed E-state index contributed by atoms with van der Waals surface area (Å²) in [6.45, 7) is 1.60. The van der Waals surface area contributed by atoms with Crippen molar-refractivity contribution in [2.75, 3.05) is 5.73 Å². The number of benzene rings is 1. The maximum absolute atomic E-state index is 11.7. The second kappa shape index (κ2) is 6.12. The summed E-state index contributed by atoms with van der Waals surface area (Å²) in [4.78, 5) is 22.1. The van der Waals surface area contributed by atoms with Crippen molar-refractivity contribution < 1.29 is 14.7 Å². The Kier molecular flexibility index (Phi) is 5.53.